The molecule has 1 aromatic rings. The Labute approximate surface area is 75.4 Å². The van der Waals surface area contributed by atoms with Gasteiger partial charge in [0.15, 0.2) is 17.5 Å². The van der Waals surface area contributed by atoms with Crippen molar-refractivity contribution in [2.45, 2.75) is 26.7 Å². The number of benzene rings is 1. The molecule has 0 aromatic heterocycles. The Hall–Kier alpha value is -0.990. The summed E-state index contributed by atoms with van der Waals surface area (Å²) in [5.41, 5.74) is 0.699. The van der Waals surface area contributed by atoms with E-state index in [1.165, 1.54) is 0 Å². The highest BCUT2D eigenvalue weighted by molar-refractivity contribution is 5.31. The van der Waals surface area contributed by atoms with Crippen LogP contribution in [0.2, 0.25) is 0 Å². The fourth-order valence-corrected chi connectivity index (χ4v) is 1.44. The largest absolute Gasteiger partial charge is 0.204 e. The number of aryl methyl sites for hydroxylation is 1. The Kier molecular flexibility index (Phi) is 2.64. The van der Waals surface area contributed by atoms with Crippen molar-refractivity contribution in [1.82, 2.24) is 0 Å². The molecule has 0 aliphatic carbocycles. The lowest BCUT2D eigenvalue weighted by atomic mass is 9.97. The van der Waals surface area contributed by atoms with Gasteiger partial charge in [-0.25, -0.2) is 13.2 Å². The molecule has 1 rings (SSSR count). The fourth-order valence-electron chi connectivity index (χ4n) is 1.44. The summed E-state index contributed by atoms with van der Waals surface area (Å²) in [6.45, 7) is 5.05. The molecule has 72 valence electrons. The third-order valence-corrected chi connectivity index (χ3v) is 1.98. The van der Waals surface area contributed by atoms with Gasteiger partial charge in [-0.2, -0.15) is 0 Å². The second-order valence-electron chi connectivity index (χ2n) is 3.37. The van der Waals surface area contributed by atoms with Crippen molar-refractivity contribution < 1.29 is 13.2 Å². The molecular weight excluding hydrogens is 177 g/mol. The quantitative estimate of drug-likeness (QED) is 0.591. The van der Waals surface area contributed by atoms with Crippen LogP contribution in [0.25, 0.3) is 0 Å². The van der Waals surface area contributed by atoms with Gasteiger partial charge < -0.3 is 0 Å². The molecule has 0 atom stereocenters. The molecule has 0 spiro atoms. The first-order valence-electron chi connectivity index (χ1n) is 4.09. The zero-order valence-corrected chi connectivity index (χ0v) is 7.79. The van der Waals surface area contributed by atoms with Crippen molar-refractivity contribution in [2.75, 3.05) is 0 Å². The molecule has 0 unspecified atom stereocenters. The fraction of sp³-hybridized carbons (Fsp3) is 0.400. The van der Waals surface area contributed by atoms with E-state index >= 15 is 0 Å². The van der Waals surface area contributed by atoms with Gasteiger partial charge in [-0.15, -0.1) is 0 Å². The van der Waals surface area contributed by atoms with Crippen LogP contribution in [0, 0.1) is 24.4 Å². The molecule has 0 heterocycles. The lowest BCUT2D eigenvalue weighted by Gasteiger charge is -2.11. The van der Waals surface area contributed by atoms with Gasteiger partial charge in [-0.1, -0.05) is 13.8 Å². The summed E-state index contributed by atoms with van der Waals surface area (Å²) in [6, 6.07) is 1.02. The van der Waals surface area contributed by atoms with Gasteiger partial charge in [-0.3, -0.25) is 0 Å². The van der Waals surface area contributed by atoms with Crippen molar-refractivity contribution in [1.29, 1.82) is 0 Å². The topological polar surface area (TPSA) is 0 Å². The monoisotopic (exact) mass is 188 g/mol. The van der Waals surface area contributed by atoms with E-state index in [9.17, 15) is 13.2 Å². The van der Waals surface area contributed by atoms with E-state index in [2.05, 4.69) is 0 Å². The minimum Gasteiger partial charge on any atom is -0.204 e. The number of halogens is 3. The third kappa shape index (κ3) is 1.69. The predicted octanol–water partition coefficient (Wildman–Crippen LogP) is 3.54. The highest BCUT2D eigenvalue weighted by Crippen LogP contribution is 2.25. The van der Waals surface area contributed by atoms with E-state index < -0.39 is 17.5 Å². The smallest absolute Gasteiger partial charge is 0.194 e. The van der Waals surface area contributed by atoms with E-state index in [0.29, 0.717) is 5.56 Å². The minimum atomic E-state index is -1.38. The molecule has 0 bridgehead atoms. The zero-order valence-electron chi connectivity index (χ0n) is 7.79. The molecule has 0 aliphatic rings. The van der Waals surface area contributed by atoms with Gasteiger partial charge >= 0.3 is 0 Å². The summed E-state index contributed by atoms with van der Waals surface area (Å²) in [7, 11) is 0. The Morgan fingerprint density at radius 2 is 1.62 bits per heavy atom. The SMILES string of the molecule is Cc1cc(F)c(F)c(F)c1C(C)C. The van der Waals surface area contributed by atoms with Crippen molar-refractivity contribution >= 4 is 0 Å². The molecule has 0 fully saturated rings. The maximum Gasteiger partial charge on any atom is 0.194 e. The van der Waals surface area contributed by atoms with Crippen LogP contribution in [0.3, 0.4) is 0 Å². The van der Waals surface area contributed by atoms with Crippen LogP contribution in [0.5, 0.6) is 0 Å². The second kappa shape index (κ2) is 3.40. The van der Waals surface area contributed by atoms with Gasteiger partial charge in [0.2, 0.25) is 0 Å². The molecule has 0 N–H and O–H groups in total. The molecule has 0 saturated carbocycles. The number of hydrogen-bond donors (Lipinski definition) is 0. The second-order valence-corrected chi connectivity index (χ2v) is 3.37. The van der Waals surface area contributed by atoms with Crippen LogP contribution in [0.4, 0.5) is 13.2 Å². The molecule has 3 heteroatoms. The number of rotatable bonds is 1. The molecule has 0 nitrogen and oxygen atoms in total. The van der Waals surface area contributed by atoms with Crippen LogP contribution in [0.1, 0.15) is 30.9 Å². The van der Waals surface area contributed by atoms with Crippen molar-refractivity contribution in [3.8, 4) is 0 Å². The molecule has 0 saturated heterocycles. The highest BCUT2D eigenvalue weighted by Gasteiger charge is 2.18. The number of hydrogen-bond acceptors (Lipinski definition) is 0. The Bertz CT molecular complexity index is 329. The first kappa shape index (κ1) is 10.1. The summed E-state index contributed by atoms with van der Waals surface area (Å²) in [6.07, 6.45) is 0. The molecule has 0 radical (unpaired) electrons. The normalized spacial score (nSPS) is 11.0. The summed E-state index contributed by atoms with van der Waals surface area (Å²) in [4.78, 5) is 0. The average molecular weight is 188 g/mol. The van der Waals surface area contributed by atoms with Gasteiger partial charge in [0, 0.05) is 0 Å². The van der Waals surface area contributed by atoms with Crippen molar-refractivity contribution in [3.05, 3.63) is 34.6 Å². The molecule has 0 aliphatic heterocycles. The maximum atomic E-state index is 13.2. The summed E-state index contributed by atoms with van der Waals surface area (Å²) >= 11 is 0. The van der Waals surface area contributed by atoms with Crippen molar-refractivity contribution in [2.24, 2.45) is 0 Å². The van der Waals surface area contributed by atoms with E-state index in [4.69, 9.17) is 0 Å². The van der Waals surface area contributed by atoms with E-state index in [-0.39, 0.29) is 11.5 Å². The van der Waals surface area contributed by atoms with Crippen molar-refractivity contribution in [3.63, 3.8) is 0 Å². The lowest BCUT2D eigenvalue weighted by molar-refractivity contribution is 0.436. The molecule has 0 amide bonds. The predicted molar refractivity (Wildman–Crippen MR) is 45.1 cm³/mol. The van der Waals surface area contributed by atoms with Crippen LogP contribution in [-0.2, 0) is 0 Å². The molecular formula is C10H11F3. The van der Waals surface area contributed by atoms with Crippen LogP contribution < -0.4 is 0 Å². The average Bonchev–Trinajstić information content (AvgIpc) is 1.99. The first-order valence-corrected chi connectivity index (χ1v) is 4.09. The standard InChI is InChI=1S/C10H11F3/c1-5(2)8-6(3)4-7(11)9(12)10(8)13/h4-5H,1-3H3. The summed E-state index contributed by atoms with van der Waals surface area (Å²) in [5.74, 6) is -3.71. The van der Waals surface area contributed by atoms with Gasteiger partial charge in [0.1, 0.15) is 0 Å². The lowest BCUT2D eigenvalue weighted by Crippen LogP contribution is -2.02. The summed E-state index contributed by atoms with van der Waals surface area (Å²) < 4.78 is 38.6. The van der Waals surface area contributed by atoms with E-state index in [1.54, 1.807) is 20.8 Å². The first-order chi connectivity index (χ1) is 5.95. The molecule has 13 heavy (non-hydrogen) atoms. The third-order valence-electron chi connectivity index (χ3n) is 1.98. The van der Waals surface area contributed by atoms with Gasteiger partial charge in [0.05, 0.1) is 0 Å². The van der Waals surface area contributed by atoms with Gasteiger partial charge in [0.25, 0.3) is 0 Å². The highest BCUT2D eigenvalue weighted by atomic mass is 19.2. The zero-order chi connectivity index (χ0) is 10.2. The Morgan fingerprint density at radius 1 is 1.08 bits per heavy atom. The van der Waals surface area contributed by atoms with Gasteiger partial charge in [-0.05, 0) is 30.0 Å². The van der Waals surface area contributed by atoms with E-state index in [1.807, 2.05) is 0 Å². The van der Waals surface area contributed by atoms with E-state index in [0.717, 1.165) is 6.07 Å². The van der Waals surface area contributed by atoms with Crippen LogP contribution in [0.15, 0.2) is 6.07 Å². The Morgan fingerprint density at radius 3 is 2.08 bits per heavy atom. The Balaban J connectivity index is 3.44. The molecule has 1 aromatic carbocycles. The summed E-state index contributed by atoms with van der Waals surface area (Å²) in [5, 5.41) is 0. The maximum absolute atomic E-state index is 13.2. The minimum absolute atomic E-state index is 0.143. The van der Waals surface area contributed by atoms with Crippen LogP contribution >= 0.6 is 0 Å². The van der Waals surface area contributed by atoms with Crippen LogP contribution in [-0.4, -0.2) is 0 Å².